The lowest BCUT2D eigenvalue weighted by Crippen LogP contribution is -2.23. The lowest BCUT2D eigenvalue weighted by molar-refractivity contribution is -0.119. The Morgan fingerprint density at radius 2 is 1.68 bits per heavy atom. The highest BCUT2D eigenvalue weighted by Crippen LogP contribution is 2.20. The van der Waals surface area contributed by atoms with E-state index in [1.165, 1.54) is 13.0 Å². The fourth-order valence-corrected chi connectivity index (χ4v) is 2.14. The number of nitrogens with one attached hydrogen (secondary N) is 2. The highest BCUT2D eigenvalue weighted by Gasteiger charge is 2.11. The summed E-state index contributed by atoms with van der Waals surface area (Å²) in [5.74, 6) is -0.437. The molecule has 0 unspecified atom stereocenters. The van der Waals surface area contributed by atoms with Crippen LogP contribution in [0.1, 0.15) is 28.4 Å². The third kappa shape index (κ3) is 5.87. The van der Waals surface area contributed by atoms with Crippen molar-refractivity contribution >= 4 is 11.8 Å². The Morgan fingerprint density at radius 3 is 2.32 bits per heavy atom. The quantitative estimate of drug-likeness (QED) is 0.809. The number of carbonyl (C=O) groups excluding carboxylic acids is 2. The molecule has 0 saturated carbocycles. The molecular formula is C18H18F2N2O3. The van der Waals surface area contributed by atoms with Crippen molar-refractivity contribution in [2.24, 2.45) is 0 Å². The van der Waals surface area contributed by atoms with E-state index >= 15 is 0 Å². The molecule has 5 nitrogen and oxygen atoms in total. The van der Waals surface area contributed by atoms with Crippen LogP contribution in [-0.2, 0) is 17.9 Å². The van der Waals surface area contributed by atoms with Crippen molar-refractivity contribution in [2.45, 2.75) is 26.6 Å². The summed E-state index contributed by atoms with van der Waals surface area (Å²) >= 11 is 0. The maximum atomic E-state index is 12.4. The Bertz CT molecular complexity index is 733. The Kier molecular flexibility index (Phi) is 6.45. The number of hydrogen-bond donors (Lipinski definition) is 2. The van der Waals surface area contributed by atoms with Crippen LogP contribution in [0, 0.1) is 0 Å². The monoisotopic (exact) mass is 348 g/mol. The molecule has 0 aliphatic carbocycles. The predicted octanol–water partition coefficient (Wildman–Crippen LogP) is 2.85. The normalized spacial score (nSPS) is 10.4. The van der Waals surface area contributed by atoms with Crippen LogP contribution in [0.5, 0.6) is 5.75 Å². The van der Waals surface area contributed by atoms with Gasteiger partial charge in [0.1, 0.15) is 5.75 Å². The zero-order chi connectivity index (χ0) is 18.2. The summed E-state index contributed by atoms with van der Waals surface area (Å²) < 4.78 is 29.2. The van der Waals surface area contributed by atoms with Crippen LogP contribution in [0.3, 0.4) is 0 Å². The molecule has 0 spiro atoms. The zero-order valence-corrected chi connectivity index (χ0v) is 13.6. The molecule has 2 rings (SSSR count). The largest absolute Gasteiger partial charge is 0.434 e. The van der Waals surface area contributed by atoms with Gasteiger partial charge in [0.15, 0.2) is 0 Å². The fraction of sp³-hybridized carbons (Fsp3) is 0.222. The van der Waals surface area contributed by atoms with E-state index in [4.69, 9.17) is 0 Å². The van der Waals surface area contributed by atoms with E-state index in [0.29, 0.717) is 17.7 Å². The van der Waals surface area contributed by atoms with Crippen molar-refractivity contribution in [3.8, 4) is 5.75 Å². The molecule has 0 atom stereocenters. The second-order valence-electron chi connectivity index (χ2n) is 5.28. The molecule has 2 aromatic rings. The first-order valence-corrected chi connectivity index (χ1v) is 7.60. The predicted molar refractivity (Wildman–Crippen MR) is 88.2 cm³/mol. The highest BCUT2D eigenvalue weighted by atomic mass is 19.3. The smallest absolute Gasteiger partial charge is 0.387 e. The standard InChI is InChI=1S/C18H18F2N2O3/c1-12(23)21-10-13-6-8-14(9-7-13)17(24)22-11-15-4-2-3-5-16(15)25-18(19)20/h2-9,18H,10-11H2,1H3,(H,21,23)(H,22,24). The van der Waals surface area contributed by atoms with Crippen molar-refractivity contribution in [2.75, 3.05) is 0 Å². The first kappa shape index (κ1) is 18.4. The van der Waals surface area contributed by atoms with E-state index in [1.807, 2.05) is 0 Å². The second-order valence-corrected chi connectivity index (χ2v) is 5.28. The lowest BCUT2D eigenvalue weighted by atomic mass is 10.1. The van der Waals surface area contributed by atoms with Crippen LogP contribution >= 0.6 is 0 Å². The summed E-state index contributed by atoms with van der Waals surface area (Å²) in [5.41, 5.74) is 1.75. The van der Waals surface area contributed by atoms with Gasteiger partial charge in [-0.3, -0.25) is 9.59 Å². The van der Waals surface area contributed by atoms with E-state index in [1.54, 1.807) is 42.5 Å². The lowest BCUT2D eigenvalue weighted by Gasteiger charge is -2.11. The Hall–Kier alpha value is -2.96. The summed E-state index contributed by atoms with van der Waals surface area (Å²) in [4.78, 5) is 23.0. The maximum Gasteiger partial charge on any atom is 0.387 e. The number of hydrogen-bond acceptors (Lipinski definition) is 3. The van der Waals surface area contributed by atoms with Crippen molar-refractivity contribution in [1.29, 1.82) is 0 Å². The number of amides is 2. The summed E-state index contributed by atoms with van der Waals surface area (Å²) in [7, 11) is 0. The summed E-state index contributed by atoms with van der Waals surface area (Å²) in [5, 5.41) is 5.33. The molecule has 2 amide bonds. The van der Waals surface area contributed by atoms with Gasteiger partial charge in [-0.2, -0.15) is 8.78 Å². The van der Waals surface area contributed by atoms with E-state index in [9.17, 15) is 18.4 Å². The molecule has 0 aliphatic heterocycles. The first-order valence-electron chi connectivity index (χ1n) is 7.60. The van der Waals surface area contributed by atoms with Crippen LogP contribution in [0.25, 0.3) is 0 Å². The average Bonchev–Trinajstić information content (AvgIpc) is 2.59. The molecule has 0 aromatic heterocycles. The Labute approximate surface area is 144 Å². The summed E-state index contributed by atoms with van der Waals surface area (Å²) in [6.07, 6.45) is 0. The van der Waals surface area contributed by atoms with Crippen molar-refractivity contribution in [1.82, 2.24) is 10.6 Å². The topological polar surface area (TPSA) is 67.4 Å². The molecule has 0 bridgehead atoms. The minimum atomic E-state index is -2.92. The van der Waals surface area contributed by atoms with Gasteiger partial charge in [0.2, 0.25) is 5.91 Å². The molecule has 132 valence electrons. The van der Waals surface area contributed by atoms with E-state index < -0.39 is 6.61 Å². The van der Waals surface area contributed by atoms with Gasteiger partial charge < -0.3 is 15.4 Å². The van der Waals surface area contributed by atoms with Gasteiger partial charge in [0.25, 0.3) is 5.91 Å². The number of carbonyl (C=O) groups is 2. The van der Waals surface area contributed by atoms with Crippen LogP contribution in [0.4, 0.5) is 8.78 Å². The molecule has 2 aromatic carbocycles. The summed E-state index contributed by atoms with van der Waals surface area (Å²) in [6, 6.07) is 13.0. The van der Waals surface area contributed by atoms with Gasteiger partial charge in [-0.1, -0.05) is 30.3 Å². The van der Waals surface area contributed by atoms with Crippen molar-refractivity contribution in [3.63, 3.8) is 0 Å². The number of halogens is 2. The van der Waals surface area contributed by atoms with Gasteiger partial charge in [0.05, 0.1) is 0 Å². The number of para-hydroxylation sites is 1. The maximum absolute atomic E-state index is 12.4. The van der Waals surface area contributed by atoms with Crippen LogP contribution in [0.15, 0.2) is 48.5 Å². The molecule has 0 saturated heterocycles. The van der Waals surface area contributed by atoms with Crippen molar-refractivity contribution < 1.29 is 23.1 Å². The average molecular weight is 348 g/mol. The third-order valence-electron chi connectivity index (χ3n) is 3.39. The second kappa shape index (κ2) is 8.77. The van der Waals surface area contributed by atoms with E-state index in [-0.39, 0.29) is 24.1 Å². The minimum absolute atomic E-state index is 0.0310. The number of benzene rings is 2. The third-order valence-corrected chi connectivity index (χ3v) is 3.39. The van der Waals surface area contributed by atoms with Gasteiger partial charge in [0, 0.05) is 31.1 Å². The molecule has 2 N–H and O–H groups in total. The van der Waals surface area contributed by atoms with Crippen molar-refractivity contribution in [3.05, 3.63) is 65.2 Å². The van der Waals surface area contributed by atoms with Crippen LogP contribution in [-0.4, -0.2) is 18.4 Å². The summed E-state index contributed by atoms with van der Waals surface area (Å²) in [6.45, 7) is -1.05. The van der Waals surface area contributed by atoms with Gasteiger partial charge in [-0.25, -0.2) is 0 Å². The highest BCUT2D eigenvalue weighted by molar-refractivity contribution is 5.94. The van der Waals surface area contributed by atoms with E-state index in [2.05, 4.69) is 15.4 Å². The number of rotatable bonds is 7. The molecule has 0 radical (unpaired) electrons. The number of alkyl halides is 2. The Balaban J connectivity index is 1.95. The molecular weight excluding hydrogens is 330 g/mol. The molecule has 0 fully saturated rings. The minimum Gasteiger partial charge on any atom is -0.434 e. The number of ether oxygens (including phenoxy) is 1. The van der Waals surface area contributed by atoms with Gasteiger partial charge in [-0.05, 0) is 23.8 Å². The van der Waals surface area contributed by atoms with Crippen LogP contribution in [0.2, 0.25) is 0 Å². The zero-order valence-electron chi connectivity index (χ0n) is 13.6. The molecule has 0 heterocycles. The Morgan fingerprint density at radius 1 is 1.00 bits per heavy atom. The van der Waals surface area contributed by atoms with Gasteiger partial charge >= 0.3 is 6.61 Å². The van der Waals surface area contributed by atoms with Gasteiger partial charge in [-0.15, -0.1) is 0 Å². The van der Waals surface area contributed by atoms with Crippen LogP contribution < -0.4 is 15.4 Å². The SMILES string of the molecule is CC(=O)NCc1ccc(C(=O)NCc2ccccc2OC(F)F)cc1. The first-order chi connectivity index (χ1) is 12.0. The molecule has 25 heavy (non-hydrogen) atoms. The van der Waals surface area contributed by atoms with E-state index in [0.717, 1.165) is 5.56 Å². The molecule has 0 aliphatic rings. The fourth-order valence-electron chi connectivity index (χ4n) is 2.14. The molecule has 7 heteroatoms.